The molecule has 142 valence electrons. The Balaban J connectivity index is 1.99. The fraction of sp³-hybridized carbons (Fsp3) is 1.00. The summed E-state index contributed by atoms with van der Waals surface area (Å²) in [5.74, 6) is -0.259. The van der Waals surface area contributed by atoms with E-state index in [-0.39, 0.29) is 18.4 Å². The number of halogens is 1. The molecule has 0 aromatic carbocycles. The average Bonchev–Trinajstić information content (AvgIpc) is 3.02. The van der Waals surface area contributed by atoms with Gasteiger partial charge in [-0.1, -0.05) is 13.8 Å². The van der Waals surface area contributed by atoms with Gasteiger partial charge in [0.15, 0.2) is 0 Å². The molecular weight excluding hydrogens is 358 g/mol. The van der Waals surface area contributed by atoms with Crippen LogP contribution in [0.4, 0.5) is 4.39 Å². The van der Waals surface area contributed by atoms with E-state index in [2.05, 4.69) is 0 Å². The smallest absolute Gasteiger partial charge is 0.325 e. The van der Waals surface area contributed by atoms with E-state index in [9.17, 15) is 14.4 Å². The van der Waals surface area contributed by atoms with Crippen LogP contribution < -0.4 is 0 Å². The van der Waals surface area contributed by atoms with E-state index >= 15 is 0 Å². The highest BCUT2D eigenvalue weighted by molar-refractivity contribution is 8.07. The number of alkyl halides is 1. The standard InChI is InChI=1S/C15H28FO6PS/c1-8(2)13-14(16)9(3)20-15(13)10(4)21-23(18,24)22-11-5-6-19-12(11)7-17/h8-15,17H,5-7H2,1-4H3,(H,18,24)/t9-,10-,11?,12+,13+,14+,15+,23?/m0/s1. The predicted octanol–water partition coefficient (Wildman–Crippen LogP) is 2.17. The van der Waals surface area contributed by atoms with Crippen LogP contribution in [0.25, 0.3) is 0 Å². The second-order valence-electron chi connectivity index (χ2n) is 6.88. The van der Waals surface area contributed by atoms with Crippen LogP contribution in [0.5, 0.6) is 0 Å². The van der Waals surface area contributed by atoms with Gasteiger partial charge in [-0.05, 0) is 31.6 Å². The first-order chi connectivity index (χ1) is 11.2. The van der Waals surface area contributed by atoms with E-state index in [1.54, 1.807) is 13.8 Å². The fourth-order valence-corrected chi connectivity index (χ4v) is 5.38. The highest BCUT2D eigenvalue weighted by Gasteiger charge is 2.48. The predicted molar refractivity (Wildman–Crippen MR) is 90.9 cm³/mol. The van der Waals surface area contributed by atoms with Crippen molar-refractivity contribution in [1.29, 1.82) is 0 Å². The molecule has 2 heterocycles. The molecule has 8 atom stereocenters. The molecule has 0 radical (unpaired) electrons. The molecule has 0 aromatic rings. The summed E-state index contributed by atoms with van der Waals surface area (Å²) in [4.78, 5) is 10.4. The van der Waals surface area contributed by atoms with Crippen LogP contribution in [0, 0.1) is 11.8 Å². The maximum atomic E-state index is 14.4. The molecular formula is C15H28FO6PS. The molecule has 0 amide bonds. The van der Waals surface area contributed by atoms with Crippen molar-refractivity contribution in [2.75, 3.05) is 13.2 Å². The Kier molecular flexibility index (Phi) is 7.19. The quantitative estimate of drug-likeness (QED) is 0.650. The molecule has 2 unspecified atom stereocenters. The number of hydrogen-bond donors (Lipinski definition) is 2. The molecule has 9 heteroatoms. The maximum Gasteiger partial charge on any atom is 0.325 e. The summed E-state index contributed by atoms with van der Waals surface area (Å²) in [5.41, 5.74) is 0. The minimum atomic E-state index is -3.56. The minimum absolute atomic E-state index is 0.0699. The largest absolute Gasteiger partial charge is 0.394 e. The molecule has 2 fully saturated rings. The van der Waals surface area contributed by atoms with Crippen molar-refractivity contribution < 1.29 is 32.9 Å². The normalized spacial score (nSPS) is 40.8. The van der Waals surface area contributed by atoms with Crippen molar-refractivity contribution in [1.82, 2.24) is 0 Å². The van der Waals surface area contributed by atoms with Gasteiger partial charge >= 0.3 is 6.72 Å². The van der Waals surface area contributed by atoms with Gasteiger partial charge in [0.2, 0.25) is 0 Å². The van der Waals surface area contributed by atoms with Crippen LogP contribution in [-0.4, -0.2) is 59.9 Å². The van der Waals surface area contributed by atoms with Crippen molar-refractivity contribution in [3.05, 3.63) is 0 Å². The lowest BCUT2D eigenvalue weighted by atomic mass is 9.85. The molecule has 0 bridgehead atoms. The van der Waals surface area contributed by atoms with Crippen LogP contribution >= 0.6 is 6.72 Å². The van der Waals surface area contributed by atoms with E-state index < -0.39 is 43.4 Å². The summed E-state index contributed by atoms with van der Waals surface area (Å²) in [6, 6.07) is 0. The van der Waals surface area contributed by atoms with Gasteiger partial charge in [0, 0.05) is 18.9 Å². The molecule has 0 aromatic heterocycles. The molecule has 2 aliphatic rings. The Morgan fingerprint density at radius 3 is 2.62 bits per heavy atom. The van der Waals surface area contributed by atoms with Crippen molar-refractivity contribution >= 4 is 18.5 Å². The average molecular weight is 386 g/mol. The van der Waals surface area contributed by atoms with Crippen LogP contribution in [0.15, 0.2) is 0 Å². The molecule has 2 N–H and O–H groups in total. The second-order valence-corrected chi connectivity index (χ2v) is 9.62. The second kappa shape index (κ2) is 8.35. The molecule has 0 saturated carbocycles. The van der Waals surface area contributed by atoms with Crippen LogP contribution in [-0.2, 0) is 30.3 Å². The Labute approximate surface area is 147 Å². The van der Waals surface area contributed by atoms with Crippen LogP contribution in [0.2, 0.25) is 0 Å². The molecule has 2 aliphatic heterocycles. The number of hydrogen-bond acceptors (Lipinski definition) is 6. The summed E-state index contributed by atoms with van der Waals surface area (Å²) in [6.07, 6.45) is -3.20. The first kappa shape index (κ1) is 20.6. The van der Waals surface area contributed by atoms with Gasteiger partial charge in [-0.3, -0.25) is 0 Å². The molecule has 2 rings (SSSR count). The third-order valence-corrected chi connectivity index (χ3v) is 6.35. The van der Waals surface area contributed by atoms with E-state index in [1.165, 1.54) is 0 Å². The van der Waals surface area contributed by atoms with E-state index in [4.69, 9.17) is 30.3 Å². The van der Waals surface area contributed by atoms with Crippen molar-refractivity contribution in [2.45, 2.75) is 70.8 Å². The van der Waals surface area contributed by atoms with E-state index in [1.807, 2.05) is 13.8 Å². The van der Waals surface area contributed by atoms with Gasteiger partial charge in [-0.15, -0.1) is 0 Å². The Hall–Kier alpha value is 0.340. The Morgan fingerprint density at radius 1 is 1.38 bits per heavy atom. The molecule has 0 aliphatic carbocycles. The number of aliphatic hydroxyl groups excluding tert-OH is 1. The van der Waals surface area contributed by atoms with Crippen LogP contribution in [0.1, 0.15) is 34.1 Å². The molecule has 24 heavy (non-hydrogen) atoms. The third kappa shape index (κ3) is 4.74. The highest BCUT2D eigenvalue weighted by Crippen LogP contribution is 2.50. The lowest BCUT2D eigenvalue weighted by Gasteiger charge is -2.31. The minimum Gasteiger partial charge on any atom is -0.394 e. The molecule has 2 saturated heterocycles. The summed E-state index contributed by atoms with van der Waals surface area (Å²) in [5, 5.41) is 9.23. The van der Waals surface area contributed by atoms with Crippen LogP contribution in [0.3, 0.4) is 0 Å². The van der Waals surface area contributed by atoms with Crippen molar-refractivity contribution in [3.63, 3.8) is 0 Å². The highest BCUT2D eigenvalue weighted by atomic mass is 32.5. The van der Waals surface area contributed by atoms with E-state index in [0.29, 0.717) is 13.0 Å². The lowest BCUT2D eigenvalue weighted by Crippen LogP contribution is -2.36. The first-order valence-corrected chi connectivity index (χ1v) is 11.0. The van der Waals surface area contributed by atoms with Gasteiger partial charge in [0.1, 0.15) is 12.3 Å². The number of aliphatic hydroxyl groups is 1. The van der Waals surface area contributed by atoms with E-state index in [0.717, 1.165) is 0 Å². The zero-order valence-corrected chi connectivity index (χ0v) is 16.2. The first-order valence-electron chi connectivity index (χ1n) is 8.38. The van der Waals surface area contributed by atoms with Crippen molar-refractivity contribution in [3.8, 4) is 0 Å². The van der Waals surface area contributed by atoms with Gasteiger partial charge < -0.3 is 28.5 Å². The summed E-state index contributed by atoms with van der Waals surface area (Å²) >= 11 is 5.09. The third-order valence-electron chi connectivity index (χ3n) is 4.70. The topological polar surface area (TPSA) is 77.4 Å². The zero-order chi connectivity index (χ0) is 18.1. The van der Waals surface area contributed by atoms with Crippen molar-refractivity contribution in [2.24, 2.45) is 11.8 Å². The number of ether oxygens (including phenoxy) is 2. The Bertz CT molecular complexity index is 467. The number of rotatable bonds is 7. The lowest BCUT2D eigenvalue weighted by molar-refractivity contribution is -0.0430. The zero-order valence-electron chi connectivity index (χ0n) is 14.5. The summed E-state index contributed by atoms with van der Waals surface area (Å²) < 4.78 is 36.5. The maximum absolute atomic E-state index is 14.4. The monoisotopic (exact) mass is 386 g/mol. The molecule has 0 spiro atoms. The summed E-state index contributed by atoms with van der Waals surface area (Å²) in [6.45, 7) is 3.94. The van der Waals surface area contributed by atoms with Gasteiger partial charge in [-0.2, -0.15) is 0 Å². The van der Waals surface area contributed by atoms with Gasteiger partial charge in [0.25, 0.3) is 0 Å². The summed E-state index contributed by atoms with van der Waals surface area (Å²) in [7, 11) is 0. The SMILES string of the molecule is CC(C)[C@@H]1[C@H](F)[C@H](C)O[C@@H]1[C@H](C)OP(O)(=S)OC1CCO[C@@H]1CO. The Morgan fingerprint density at radius 2 is 2.04 bits per heavy atom. The van der Waals surface area contributed by atoms with Gasteiger partial charge in [-0.25, -0.2) is 4.39 Å². The van der Waals surface area contributed by atoms with Gasteiger partial charge in [0.05, 0.1) is 31.0 Å². The fourth-order valence-electron chi connectivity index (χ4n) is 3.46. The molecule has 6 nitrogen and oxygen atoms in total.